The minimum atomic E-state index is -1.96. The molecule has 5 aliphatic rings. The molecule has 0 amide bonds. The van der Waals surface area contributed by atoms with Crippen LogP contribution in [0.15, 0.2) is 23.8 Å². The number of alkyl halides is 1. The molecule has 9 unspecified atom stereocenters. The molecule has 186 valence electrons. The Labute approximate surface area is 200 Å². The Balaban J connectivity index is 1.65. The Hall–Kier alpha value is -1.86. The molecule has 0 aromatic heterocycles. The standard InChI is InChI=1S/C27H36FNO5/c1-15-8-20-24(4)10-17-12-29-14-26(17,22(33)13-34-16(2)30)25(24,5)11-21(32)27(20,28)23(3)7-6-18(31)9-19(15)23/h6-7,9,15,17,20-21,29,32H,8,10-14H2,1-5H3. The van der Waals surface area contributed by atoms with Crippen LogP contribution in [0.1, 0.15) is 53.9 Å². The first-order valence-electron chi connectivity index (χ1n) is 12.5. The van der Waals surface area contributed by atoms with Gasteiger partial charge in [-0.25, -0.2) is 4.39 Å². The normalized spacial score (nSPS) is 51.1. The molecule has 0 bridgehead atoms. The van der Waals surface area contributed by atoms with Crippen LogP contribution in [-0.2, 0) is 19.1 Å². The number of rotatable bonds is 3. The van der Waals surface area contributed by atoms with E-state index in [9.17, 15) is 19.5 Å². The van der Waals surface area contributed by atoms with E-state index < -0.39 is 45.3 Å². The van der Waals surface area contributed by atoms with Crippen LogP contribution >= 0.6 is 0 Å². The molecule has 4 aliphatic carbocycles. The number of fused-ring (bicyclic) bond motifs is 7. The van der Waals surface area contributed by atoms with Crippen molar-refractivity contribution in [2.24, 2.45) is 39.4 Å². The van der Waals surface area contributed by atoms with Gasteiger partial charge in [-0.3, -0.25) is 14.4 Å². The van der Waals surface area contributed by atoms with Gasteiger partial charge in [-0.05, 0) is 67.5 Å². The summed E-state index contributed by atoms with van der Waals surface area (Å²) in [5.74, 6) is -1.32. The SMILES string of the molecule is CC(=O)OCC(=O)C12CNCC1CC1(C)C3CC(C)C4=CC(=O)C=CC4(C)C3(F)C(O)CC12C. The average molecular weight is 474 g/mol. The fourth-order valence-electron chi connectivity index (χ4n) is 9.32. The topological polar surface area (TPSA) is 92.7 Å². The Morgan fingerprint density at radius 2 is 1.97 bits per heavy atom. The maximum Gasteiger partial charge on any atom is 0.303 e. The Kier molecular flexibility index (Phi) is 4.98. The summed E-state index contributed by atoms with van der Waals surface area (Å²) < 4.78 is 22.8. The van der Waals surface area contributed by atoms with Crippen molar-refractivity contribution in [2.75, 3.05) is 19.7 Å². The van der Waals surface area contributed by atoms with Crippen LogP contribution in [0.25, 0.3) is 0 Å². The lowest BCUT2D eigenvalue weighted by Crippen LogP contribution is -2.72. The van der Waals surface area contributed by atoms with Gasteiger partial charge in [0.25, 0.3) is 0 Å². The third-order valence-corrected chi connectivity index (χ3v) is 11.1. The van der Waals surface area contributed by atoms with Crippen molar-refractivity contribution in [3.63, 3.8) is 0 Å². The number of carbonyl (C=O) groups is 3. The number of allylic oxidation sites excluding steroid dienone is 4. The summed E-state index contributed by atoms with van der Waals surface area (Å²) in [5.41, 5.74) is -4.36. The zero-order valence-electron chi connectivity index (χ0n) is 20.7. The van der Waals surface area contributed by atoms with Gasteiger partial charge in [-0.15, -0.1) is 0 Å². The number of Topliss-reactive ketones (excluding diaryl/α,β-unsaturated/α-hetero) is 1. The summed E-state index contributed by atoms with van der Waals surface area (Å²) in [7, 11) is 0. The lowest BCUT2D eigenvalue weighted by molar-refractivity contribution is -0.240. The molecule has 1 heterocycles. The molecule has 6 nitrogen and oxygen atoms in total. The second-order valence-corrected chi connectivity index (χ2v) is 12.2. The van der Waals surface area contributed by atoms with E-state index in [1.807, 2.05) is 20.8 Å². The van der Waals surface area contributed by atoms with Crippen LogP contribution in [0.3, 0.4) is 0 Å². The number of aliphatic hydroxyl groups is 1. The van der Waals surface area contributed by atoms with E-state index in [1.165, 1.54) is 13.0 Å². The summed E-state index contributed by atoms with van der Waals surface area (Å²) in [6.45, 7) is 10.1. The average Bonchev–Trinajstić information content (AvgIpc) is 3.26. The van der Waals surface area contributed by atoms with Gasteiger partial charge in [-0.1, -0.05) is 32.4 Å². The monoisotopic (exact) mass is 473 g/mol. The zero-order chi connectivity index (χ0) is 24.9. The van der Waals surface area contributed by atoms with Crippen molar-refractivity contribution in [1.82, 2.24) is 5.32 Å². The van der Waals surface area contributed by atoms with E-state index in [4.69, 9.17) is 4.74 Å². The highest BCUT2D eigenvalue weighted by atomic mass is 19.1. The summed E-state index contributed by atoms with van der Waals surface area (Å²) in [4.78, 5) is 37.4. The Bertz CT molecular complexity index is 1040. The molecular weight excluding hydrogens is 437 g/mol. The molecule has 9 atom stereocenters. The van der Waals surface area contributed by atoms with Gasteiger partial charge >= 0.3 is 5.97 Å². The number of halogens is 1. The van der Waals surface area contributed by atoms with Gasteiger partial charge in [0.2, 0.25) is 0 Å². The molecule has 7 heteroatoms. The second kappa shape index (κ2) is 7.10. The number of carbonyl (C=O) groups excluding carboxylic acids is 3. The Morgan fingerprint density at radius 1 is 1.26 bits per heavy atom. The van der Waals surface area contributed by atoms with Crippen molar-refractivity contribution in [2.45, 2.75) is 65.7 Å². The molecule has 0 aromatic rings. The smallest absolute Gasteiger partial charge is 0.303 e. The predicted octanol–water partition coefficient (Wildman–Crippen LogP) is 2.94. The lowest BCUT2D eigenvalue weighted by Gasteiger charge is -2.68. The maximum absolute atomic E-state index is 17.6. The van der Waals surface area contributed by atoms with Crippen LogP contribution in [0.2, 0.25) is 0 Å². The number of ether oxygens (including phenoxy) is 1. The van der Waals surface area contributed by atoms with Crippen molar-refractivity contribution in [1.29, 1.82) is 0 Å². The first-order valence-corrected chi connectivity index (χ1v) is 12.5. The molecule has 0 spiro atoms. The quantitative estimate of drug-likeness (QED) is 0.613. The number of hydrogen-bond donors (Lipinski definition) is 2. The molecule has 1 saturated heterocycles. The van der Waals surface area contributed by atoms with Crippen molar-refractivity contribution < 1.29 is 28.6 Å². The van der Waals surface area contributed by atoms with E-state index in [-0.39, 0.29) is 36.4 Å². The van der Waals surface area contributed by atoms with E-state index in [0.29, 0.717) is 25.9 Å². The third-order valence-electron chi connectivity index (χ3n) is 11.1. The van der Waals surface area contributed by atoms with Gasteiger partial charge in [0, 0.05) is 24.8 Å². The van der Waals surface area contributed by atoms with Gasteiger partial charge < -0.3 is 15.2 Å². The summed E-state index contributed by atoms with van der Waals surface area (Å²) in [6.07, 6.45) is 4.67. The van der Waals surface area contributed by atoms with E-state index in [2.05, 4.69) is 12.2 Å². The predicted molar refractivity (Wildman–Crippen MR) is 123 cm³/mol. The maximum atomic E-state index is 17.6. The van der Waals surface area contributed by atoms with Crippen molar-refractivity contribution in [3.8, 4) is 0 Å². The minimum Gasteiger partial charge on any atom is -0.458 e. The second-order valence-electron chi connectivity index (χ2n) is 12.2. The molecule has 2 N–H and O–H groups in total. The molecule has 4 fully saturated rings. The van der Waals surface area contributed by atoms with Crippen LogP contribution in [0.4, 0.5) is 4.39 Å². The first kappa shape index (κ1) is 23.9. The van der Waals surface area contributed by atoms with Crippen LogP contribution in [0, 0.1) is 39.4 Å². The summed E-state index contributed by atoms with van der Waals surface area (Å²) in [5, 5.41) is 15.0. The lowest BCUT2D eigenvalue weighted by atomic mass is 9.38. The van der Waals surface area contributed by atoms with Crippen LogP contribution < -0.4 is 5.32 Å². The highest BCUT2D eigenvalue weighted by Crippen LogP contribution is 2.79. The fourth-order valence-corrected chi connectivity index (χ4v) is 9.32. The zero-order valence-corrected chi connectivity index (χ0v) is 20.7. The molecule has 5 rings (SSSR count). The number of esters is 1. The van der Waals surface area contributed by atoms with Gasteiger partial charge in [0.15, 0.2) is 23.8 Å². The van der Waals surface area contributed by atoms with Crippen LogP contribution in [-0.4, -0.2) is 54.1 Å². The van der Waals surface area contributed by atoms with Crippen LogP contribution in [0.5, 0.6) is 0 Å². The molecule has 1 aliphatic heterocycles. The number of ketones is 2. The molecular formula is C27H36FNO5. The van der Waals surface area contributed by atoms with E-state index in [1.54, 1.807) is 12.2 Å². The van der Waals surface area contributed by atoms with E-state index in [0.717, 1.165) is 5.57 Å². The van der Waals surface area contributed by atoms with E-state index >= 15 is 4.39 Å². The summed E-state index contributed by atoms with van der Waals surface area (Å²) >= 11 is 0. The highest BCUT2D eigenvalue weighted by molar-refractivity contribution is 6.01. The van der Waals surface area contributed by atoms with Crippen molar-refractivity contribution in [3.05, 3.63) is 23.8 Å². The molecule has 0 radical (unpaired) electrons. The third kappa shape index (κ3) is 2.50. The van der Waals surface area contributed by atoms with Gasteiger partial charge in [0.1, 0.15) is 0 Å². The first-order chi connectivity index (χ1) is 15.8. The fraction of sp³-hybridized carbons (Fsp3) is 0.741. The van der Waals surface area contributed by atoms with Gasteiger partial charge in [-0.2, -0.15) is 0 Å². The van der Waals surface area contributed by atoms with Gasteiger partial charge in [0.05, 0.1) is 11.5 Å². The number of aliphatic hydroxyl groups excluding tert-OH is 1. The number of hydrogen-bond acceptors (Lipinski definition) is 6. The molecule has 34 heavy (non-hydrogen) atoms. The molecule has 3 saturated carbocycles. The largest absolute Gasteiger partial charge is 0.458 e. The minimum absolute atomic E-state index is 0.0228. The summed E-state index contributed by atoms with van der Waals surface area (Å²) in [6, 6.07) is 0. The number of nitrogens with one attached hydrogen (secondary N) is 1. The molecule has 0 aromatic carbocycles. The highest BCUT2D eigenvalue weighted by Gasteiger charge is 2.81. The Morgan fingerprint density at radius 3 is 2.65 bits per heavy atom. The van der Waals surface area contributed by atoms with Crippen molar-refractivity contribution >= 4 is 17.5 Å².